The van der Waals surface area contributed by atoms with E-state index in [1.54, 1.807) is 0 Å². The molecule has 7 heteroatoms. The Hall–Kier alpha value is -0.210. The molecule has 0 amide bonds. The average Bonchev–Trinajstić information content (AvgIpc) is 2.00. The van der Waals surface area contributed by atoms with E-state index in [-0.39, 0.29) is 0 Å². The van der Waals surface area contributed by atoms with Crippen LogP contribution in [0.25, 0.3) is 0 Å². The van der Waals surface area contributed by atoms with Crippen molar-refractivity contribution in [2.75, 3.05) is 39.3 Å². The van der Waals surface area contributed by atoms with E-state index < -0.39 is 10.2 Å². The number of piperazine rings is 1. The van der Waals surface area contributed by atoms with E-state index in [1.807, 2.05) is 0 Å². The van der Waals surface area contributed by atoms with Gasteiger partial charge < -0.3 is 5.32 Å². The van der Waals surface area contributed by atoms with Gasteiger partial charge in [0.2, 0.25) is 0 Å². The largest absolute Gasteiger partial charge is 0.314 e. The monoisotopic (exact) mass is 220 g/mol. The molecule has 0 aliphatic carbocycles. The van der Waals surface area contributed by atoms with Gasteiger partial charge in [-0.05, 0) is 0 Å². The Balaban J connectivity index is 1.82. The van der Waals surface area contributed by atoms with Crippen LogP contribution in [0.15, 0.2) is 0 Å². The minimum absolute atomic E-state index is 0.371. The third-order valence-electron chi connectivity index (χ3n) is 2.86. The summed E-state index contributed by atoms with van der Waals surface area (Å²) in [6.07, 6.45) is 0. The van der Waals surface area contributed by atoms with Crippen LogP contribution in [-0.2, 0) is 10.2 Å². The Kier molecular flexibility index (Phi) is 2.76. The first-order chi connectivity index (χ1) is 6.57. The zero-order valence-corrected chi connectivity index (χ0v) is 8.83. The first-order valence-electron chi connectivity index (χ1n) is 4.80. The lowest BCUT2D eigenvalue weighted by molar-refractivity contribution is 0.0773. The number of nitrogens with one attached hydrogen (secondary N) is 1. The van der Waals surface area contributed by atoms with Crippen molar-refractivity contribution in [1.29, 1.82) is 0 Å². The van der Waals surface area contributed by atoms with Crippen molar-refractivity contribution in [3.63, 3.8) is 0 Å². The molecule has 6 nitrogen and oxygen atoms in total. The molecule has 2 aliphatic heterocycles. The summed E-state index contributed by atoms with van der Waals surface area (Å²) in [5.74, 6) is 0. The van der Waals surface area contributed by atoms with Gasteiger partial charge in [-0.2, -0.15) is 12.7 Å². The van der Waals surface area contributed by atoms with E-state index in [0.717, 1.165) is 26.2 Å². The second-order valence-corrected chi connectivity index (χ2v) is 5.35. The van der Waals surface area contributed by atoms with Gasteiger partial charge in [0, 0.05) is 45.3 Å². The summed E-state index contributed by atoms with van der Waals surface area (Å²) < 4.78 is 23.1. The molecule has 0 aromatic rings. The molecule has 2 aliphatic rings. The molecule has 0 bridgehead atoms. The van der Waals surface area contributed by atoms with Crippen LogP contribution in [0.5, 0.6) is 0 Å². The van der Waals surface area contributed by atoms with Crippen molar-refractivity contribution in [3.05, 3.63) is 0 Å². The van der Waals surface area contributed by atoms with Gasteiger partial charge in [-0.1, -0.05) is 0 Å². The molecule has 2 rings (SSSR count). The summed E-state index contributed by atoms with van der Waals surface area (Å²) in [5, 5.41) is 8.26. The van der Waals surface area contributed by atoms with Gasteiger partial charge in [0.25, 0.3) is 10.2 Å². The highest BCUT2D eigenvalue weighted by atomic mass is 32.2. The van der Waals surface area contributed by atoms with E-state index in [9.17, 15) is 8.42 Å². The van der Waals surface area contributed by atoms with Gasteiger partial charge in [0.05, 0.1) is 0 Å². The molecular formula is C7H16N4O2S. The van der Waals surface area contributed by atoms with E-state index in [1.165, 1.54) is 4.31 Å². The molecule has 0 saturated carbocycles. The summed E-state index contributed by atoms with van der Waals surface area (Å²) in [7, 11) is -3.45. The molecule has 14 heavy (non-hydrogen) atoms. The maximum Gasteiger partial charge on any atom is 0.277 e. The predicted octanol–water partition coefficient (Wildman–Crippen LogP) is -2.22. The van der Waals surface area contributed by atoms with Gasteiger partial charge in [-0.3, -0.25) is 4.90 Å². The lowest BCUT2D eigenvalue weighted by Gasteiger charge is -2.45. The molecule has 0 atom stereocenters. The second kappa shape index (κ2) is 3.74. The first-order valence-corrected chi connectivity index (χ1v) is 6.30. The van der Waals surface area contributed by atoms with Crippen molar-refractivity contribution in [1.82, 2.24) is 14.5 Å². The first kappa shape index (κ1) is 10.3. The van der Waals surface area contributed by atoms with E-state index in [0.29, 0.717) is 19.1 Å². The number of hydrogen-bond acceptors (Lipinski definition) is 4. The quantitative estimate of drug-likeness (QED) is 0.552. The Morgan fingerprint density at radius 3 is 2.29 bits per heavy atom. The minimum Gasteiger partial charge on any atom is -0.314 e. The van der Waals surface area contributed by atoms with Gasteiger partial charge in [0.1, 0.15) is 0 Å². The van der Waals surface area contributed by atoms with Crippen LogP contribution in [-0.4, -0.2) is 62.9 Å². The molecule has 82 valence electrons. The molecule has 0 aromatic heterocycles. The zero-order chi connectivity index (χ0) is 10.2. The fraction of sp³-hybridized carbons (Fsp3) is 1.00. The molecule has 2 heterocycles. The second-order valence-electron chi connectivity index (χ2n) is 3.80. The van der Waals surface area contributed by atoms with Crippen molar-refractivity contribution >= 4 is 10.2 Å². The Morgan fingerprint density at radius 2 is 1.79 bits per heavy atom. The highest BCUT2D eigenvalue weighted by Crippen LogP contribution is 2.16. The highest BCUT2D eigenvalue weighted by Gasteiger charge is 2.37. The lowest BCUT2D eigenvalue weighted by Crippen LogP contribution is -2.64. The fourth-order valence-corrected chi connectivity index (χ4v) is 2.66. The lowest BCUT2D eigenvalue weighted by atomic mass is 10.1. The maximum absolute atomic E-state index is 10.9. The molecule has 2 saturated heterocycles. The van der Waals surface area contributed by atoms with Gasteiger partial charge in [-0.15, -0.1) is 0 Å². The maximum atomic E-state index is 10.9. The van der Waals surface area contributed by atoms with Crippen molar-refractivity contribution in [2.24, 2.45) is 5.14 Å². The summed E-state index contributed by atoms with van der Waals surface area (Å²) in [5.41, 5.74) is 0. The van der Waals surface area contributed by atoms with Crippen LogP contribution >= 0.6 is 0 Å². The van der Waals surface area contributed by atoms with Gasteiger partial charge in [-0.25, -0.2) is 5.14 Å². The third-order valence-corrected chi connectivity index (χ3v) is 3.87. The molecule has 2 fully saturated rings. The molecule has 0 aromatic carbocycles. The van der Waals surface area contributed by atoms with Gasteiger partial charge >= 0.3 is 0 Å². The summed E-state index contributed by atoms with van der Waals surface area (Å²) in [6, 6.07) is 0.371. The average molecular weight is 220 g/mol. The zero-order valence-electron chi connectivity index (χ0n) is 8.02. The van der Waals surface area contributed by atoms with Crippen LogP contribution in [0.3, 0.4) is 0 Å². The van der Waals surface area contributed by atoms with Crippen LogP contribution in [0.4, 0.5) is 0 Å². The Morgan fingerprint density at radius 1 is 1.21 bits per heavy atom. The molecule has 0 spiro atoms. The van der Waals surface area contributed by atoms with Crippen LogP contribution in [0.2, 0.25) is 0 Å². The fourth-order valence-electron chi connectivity index (χ4n) is 1.90. The normalized spacial score (nSPS) is 27.5. The topological polar surface area (TPSA) is 78.7 Å². The highest BCUT2D eigenvalue weighted by molar-refractivity contribution is 7.86. The standard InChI is InChI=1S/C7H16N4O2S/c8-14(12,13)11-5-7(6-11)10-3-1-9-2-4-10/h7,9H,1-6H2,(H2,8,12,13). The molecule has 0 unspecified atom stereocenters. The summed E-state index contributed by atoms with van der Waals surface area (Å²) in [4.78, 5) is 2.32. The van der Waals surface area contributed by atoms with Crippen molar-refractivity contribution in [3.8, 4) is 0 Å². The SMILES string of the molecule is NS(=O)(=O)N1CC(N2CCNCC2)C1. The van der Waals surface area contributed by atoms with E-state index >= 15 is 0 Å². The number of nitrogens with zero attached hydrogens (tertiary/aromatic N) is 2. The van der Waals surface area contributed by atoms with Crippen molar-refractivity contribution in [2.45, 2.75) is 6.04 Å². The molecule has 3 N–H and O–H groups in total. The predicted molar refractivity (Wildman–Crippen MR) is 52.9 cm³/mol. The number of hydrogen-bond donors (Lipinski definition) is 2. The van der Waals surface area contributed by atoms with Gasteiger partial charge in [0.15, 0.2) is 0 Å². The van der Waals surface area contributed by atoms with Crippen LogP contribution < -0.4 is 10.5 Å². The number of rotatable bonds is 2. The number of nitrogens with two attached hydrogens (primary N) is 1. The Labute approximate surface area is 84.2 Å². The summed E-state index contributed by atoms with van der Waals surface area (Å²) >= 11 is 0. The smallest absolute Gasteiger partial charge is 0.277 e. The van der Waals surface area contributed by atoms with Crippen LogP contribution in [0, 0.1) is 0 Å². The third kappa shape index (κ3) is 2.06. The minimum atomic E-state index is -3.45. The molecule has 0 radical (unpaired) electrons. The Bertz CT molecular complexity index is 293. The summed E-state index contributed by atoms with van der Waals surface area (Å²) in [6.45, 7) is 5.10. The van der Waals surface area contributed by atoms with Crippen molar-refractivity contribution < 1.29 is 8.42 Å². The molecular weight excluding hydrogens is 204 g/mol. The van der Waals surface area contributed by atoms with Crippen LogP contribution in [0.1, 0.15) is 0 Å². The van der Waals surface area contributed by atoms with E-state index in [2.05, 4.69) is 10.2 Å². The van der Waals surface area contributed by atoms with E-state index in [4.69, 9.17) is 5.14 Å².